The Bertz CT molecular complexity index is 1180. The Morgan fingerprint density at radius 1 is 0.939 bits per heavy atom. The molecule has 0 saturated carbocycles. The first-order chi connectivity index (χ1) is 15.7. The van der Waals surface area contributed by atoms with Gasteiger partial charge >= 0.3 is 5.97 Å². The van der Waals surface area contributed by atoms with Crippen LogP contribution in [0.25, 0.3) is 0 Å². The van der Waals surface area contributed by atoms with Crippen molar-refractivity contribution in [1.82, 2.24) is 4.72 Å². The van der Waals surface area contributed by atoms with Gasteiger partial charge in [0.25, 0.3) is 0 Å². The Hall–Kier alpha value is -3.31. The standard InChI is InChI=1S/C22H23NO9S/c1-13(2)21(23-33(26,27)15-4-6-17-20(10-15)29-8-7-28-17)22(25)30-11-16(24)14-3-5-18-19(9-14)32-12-31-18/h3-6,9-10,13,21,23H,7-8,11-12H2,1-2H3/t21-/m1/s1. The van der Waals surface area contributed by atoms with Crippen molar-refractivity contribution in [3.8, 4) is 23.0 Å². The first-order valence-corrected chi connectivity index (χ1v) is 11.7. The summed E-state index contributed by atoms with van der Waals surface area (Å²) in [7, 11) is -4.08. The van der Waals surface area contributed by atoms with Gasteiger partial charge in [0, 0.05) is 11.6 Å². The summed E-state index contributed by atoms with van der Waals surface area (Å²) in [6.07, 6.45) is 0. The molecule has 0 amide bonds. The van der Waals surface area contributed by atoms with Crippen molar-refractivity contribution in [1.29, 1.82) is 0 Å². The molecule has 0 unspecified atom stereocenters. The van der Waals surface area contributed by atoms with E-state index in [9.17, 15) is 18.0 Å². The van der Waals surface area contributed by atoms with E-state index in [1.165, 1.54) is 30.3 Å². The highest BCUT2D eigenvalue weighted by Crippen LogP contribution is 2.33. The summed E-state index contributed by atoms with van der Waals surface area (Å²) in [4.78, 5) is 25.0. The molecule has 2 aromatic carbocycles. The molecule has 0 aromatic heterocycles. The fourth-order valence-electron chi connectivity index (χ4n) is 3.26. The third-order valence-electron chi connectivity index (χ3n) is 5.07. The molecule has 33 heavy (non-hydrogen) atoms. The zero-order valence-corrected chi connectivity index (χ0v) is 18.8. The van der Waals surface area contributed by atoms with Crippen molar-refractivity contribution >= 4 is 21.8 Å². The van der Waals surface area contributed by atoms with Crippen LogP contribution in [0.4, 0.5) is 0 Å². The molecule has 0 saturated heterocycles. The number of carbonyl (C=O) groups excluding carboxylic acids is 2. The average molecular weight is 477 g/mol. The maximum atomic E-state index is 12.9. The Kier molecular flexibility index (Phi) is 6.43. The summed E-state index contributed by atoms with van der Waals surface area (Å²) in [5.74, 6) is -0.0512. The number of ketones is 1. The fourth-order valence-corrected chi connectivity index (χ4v) is 4.61. The molecule has 1 atom stereocenters. The molecular formula is C22H23NO9S. The number of benzene rings is 2. The first kappa shape index (κ1) is 22.9. The van der Waals surface area contributed by atoms with Gasteiger partial charge < -0.3 is 23.7 Å². The molecule has 0 fully saturated rings. The quantitative estimate of drug-likeness (QED) is 0.448. The fraction of sp³-hybridized carbons (Fsp3) is 0.364. The van der Waals surface area contributed by atoms with Crippen LogP contribution in [0.3, 0.4) is 0 Å². The van der Waals surface area contributed by atoms with E-state index in [4.69, 9.17) is 23.7 Å². The smallest absolute Gasteiger partial charge is 0.324 e. The van der Waals surface area contributed by atoms with Gasteiger partial charge in [0.1, 0.15) is 19.3 Å². The lowest BCUT2D eigenvalue weighted by atomic mass is 10.1. The molecule has 2 heterocycles. The number of sulfonamides is 1. The van der Waals surface area contributed by atoms with E-state index in [1.807, 2.05) is 0 Å². The lowest BCUT2D eigenvalue weighted by Crippen LogP contribution is -2.45. The van der Waals surface area contributed by atoms with Crippen LogP contribution >= 0.6 is 0 Å². The summed E-state index contributed by atoms with van der Waals surface area (Å²) in [5, 5.41) is 0. The van der Waals surface area contributed by atoms with Crippen LogP contribution in [0.5, 0.6) is 23.0 Å². The topological polar surface area (TPSA) is 126 Å². The van der Waals surface area contributed by atoms with Crippen LogP contribution in [0.1, 0.15) is 24.2 Å². The number of rotatable bonds is 8. The number of hydrogen-bond acceptors (Lipinski definition) is 9. The molecule has 0 bridgehead atoms. The lowest BCUT2D eigenvalue weighted by Gasteiger charge is -2.22. The van der Waals surface area contributed by atoms with Crippen LogP contribution in [-0.2, 0) is 19.6 Å². The maximum absolute atomic E-state index is 12.9. The highest BCUT2D eigenvalue weighted by atomic mass is 32.2. The van der Waals surface area contributed by atoms with Gasteiger partial charge in [-0.3, -0.25) is 9.59 Å². The number of esters is 1. The number of fused-ring (bicyclic) bond motifs is 2. The van der Waals surface area contributed by atoms with Crippen molar-refractivity contribution in [2.45, 2.75) is 24.8 Å². The highest BCUT2D eigenvalue weighted by Gasteiger charge is 2.31. The van der Waals surface area contributed by atoms with E-state index >= 15 is 0 Å². The van der Waals surface area contributed by atoms with Gasteiger partial charge in [-0.1, -0.05) is 13.8 Å². The summed E-state index contributed by atoms with van der Waals surface area (Å²) in [6.45, 7) is 3.54. The van der Waals surface area contributed by atoms with E-state index in [0.29, 0.717) is 36.2 Å². The van der Waals surface area contributed by atoms with Crippen molar-refractivity contribution < 1.29 is 41.7 Å². The molecule has 0 spiro atoms. The van der Waals surface area contributed by atoms with Crippen LogP contribution in [0.2, 0.25) is 0 Å². The molecule has 11 heteroatoms. The molecule has 176 valence electrons. The van der Waals surface area contributed by atoms with Crippen LogP contribution in [-0.4, -0.2) is 52.8 Å². The molecule has 2 aromatic rings. The minimum Gasteiger partial charge on any atom is -0.486 e. The van der Waals surface area contributed by atoms with E-state index in [0.717, 1.165) is 0 Å². The molecule has 2 aliphatic heterocycles. The summed E-state index contributed by atoms with van der Waals surface area (Å²) >= 11 is 0. The number of hydrogen-bond donors (Lipinski definition) is 1. The monoisotopic (exact) mass is 477 g/mol. The van der Waals surface area contributed by atoms with Gasteiger partial charge in [-0.05, 0) is 36.2 Å². The third-order valence-corrected chi connectivity index (χ3v) is 6.51. The lowest BCUT2D eigenvalue weighted by molar-refractivity contribution is -0.145. The largest absolute Gasteiger partial charge is 0.486 e. The normalized spacial score (nSPS) is 15.2. The van der Waals surface area contributed by atoms with E-state index in [1.54, 1.807) is 19.9 Å². The van der Waals surface area contributed by atoms with Gasteiger partial charge in [0.15, 0.2) is 35.4 Å². The van der Waals surface area contributed by atoms with Gasteiger partial charge in [-0.2, -0.15) is 4.72 Å². The van der Waals surface area contributed by atoms with E-state index in [-0.39, 0.29) is 17.3 Å². The van der Waals surface area contributed by atoms with Crippen molar-refractivity contribution in [2.75, 3.05) is 26.6 Å². The summed E-state index contributed by atoms with van der Waals surface area (Å²) in [5.41, 5.74) is 0.282. The number of carbonyl (C=O) groups is 2. The number of Topliss-reactive ketones (excluding diaryl/α,β-unsaturated/α-hetero) is 1. The van der Waals surface area contributed by atoms with Crippen molar-refractivity contribution in [3.05, 3.63) is 42.0 Å². The zero-order valence-electron chi connectivity index (χ0n) is 18.0. The van der Waals surface area contributed by atoms with Crippen molar-refractivity contribution in [2.24, 2.45) is 5.92 Å². The van der Waals surface area contributed by atoms with E-state index in [2.05, 4.69) is 4.72 Å². The average Bonchev–Trinajstić information content (AvgIpc) is 3.28. The summed E-state index contributed by atoms with van der Waals surface area (Å²) < 4.78 is 54.6. The second-order valence-electron chi connectivity index (χ2n) is 7.75. The zero-order chi connectivity index (χ0) is 23.6. The molecule has 4 rings (SSSR count). The van der Waals surface area contributed by atoms with Crippen molar-refractivity contribution in [3.63, 3.8) is 0 Å². The van der Waals surface area contributed by atoms with Crippen LogP contribution in [0, 0.1) is 5.92 Å². The second-order valence-corrected chi connectivity index (χ2v) is 9.46. The Labute approximate surface area is 190 Å². The molecule has 10 nitrogen and oxygen atoms in total. The predicted molar refractivity (Wildman–Crippen MR) is 114 cm³/mol. The van der Waals surface area contributed by atoms with Gasteiger partial charge in [0.05, 0.1) is 4.90 Å². The second kappa shape index (κ2) is 9.28. The van der Waals surface area contributed by atoms with Gasteiger partial charge in [0.2, 0.25) is 16.8 Å². The maximum Gasteiger partial charge on any atom is 0.324 e. The SMILES string of the molecule is CC(C)[C@@H](NS(=O)(=O)c1ccc2c(c1)OCCO2)C(=O)OCC(=O)c1ccc2c(c1)OCO2. The number of nitrogens with one attached hydrogen (secondary N) is 1. The van der Waals surface area contributed by atoms with E-state index < -0.39 is 40.3 Å². The van der Waals surface area contributed by atoms with Gasteiger partial charge in [-0.25, -0.2) is 8.42 Å². The first-order valence-electron chi connectivity index (χ1n) is 10.3. The minimum atomic E-state index is -4.08. The molecule has 2 aliphatic rings. The Morgan fingerprint density at radius 3 is 2.33 bits per heavy atom. The van der Waals surface area contributed by atoms with Gasteiger partial charge in [-0.15, -0.1) is 0 Å². The highest BCUT2D eigenvalue weighted by molar-refractivity contribution is 7.89. The Balaban J connectivity index is 1.42. The molecule has 0 aliphatic carbocycles. The number of ether oxygens (including phenoxy) is 5. The molecular weight excluding hydrogens is 454 g/mol. The summed E-state index contributed by atoms with van der Waals surface area (Å²) in [6, 6.07) is 7.63. The minimum absolute atomic E-state index is 0.0710. The van der Waals surface area contributed by atoms with Crippen LogP contribution < -0.4 is 23.7 Å². The van der Waals surface area contributed by atoms with Crippen LogP contribution in [0.15, 0.2) is 41.3 Å². The Morgan fingerprint density at radius 2 is 1.58 bits per heavy atom. The molecule has 1 N–H and O–H groups in total. The predicted octanol–water partition coefficient (Wildman–Crippen LogP) is 1.92. The third kappa shape index (κ3) is 5.04. The molecule has 0 radical (unpaired) electrons.